The van der Waals surface area contributed by atoms with Crippen LogP contribution in [0.4, 0.5) is 5.69 Å². The highest BCUT2D eigenvalue weighted by molar-refractivity contribution is 6.29. The van der Waals surface area contributed by atoms with Crippen LogP contribution in [-0.4, -0.2) is 29.5 Å². The van der Waals surface area contributed by atoms with Crippen molar-refractivity contribution in [3.05, 3.63) is 23.0 Å². The lowest BCUT2D eigenvalue weighted by Crippen LogP contribution is -2.23. The van der Waals surface area contributed by atoms with Crippen LogP contribution in [0.15, 0.2) is 12.3 Å². The highest BCUT2D eigenvalue weighted by atomic mass is 35.5. The van der Waals surface area contributed by atoms with Gasteiger partial charge in [0.1, 0.15) is 11.3 Å². The number of carbonyl (C=O) groups excluding carboxylic acids is 2. The van der Waals surface area contributed by atoms with Gasteiger partial charge in [0.25, 0.3) is 5.91 Å². The minimum Gasteiger partial charge on any atom is -0.461 e. The minimum absolute atomic E-state index is 0.231. The number of carbonyl (C=O) groups is 2. The van der Waals surface area contributed by atoms with Crippen molar-refractivity contribution in [2.45, 2.75) is 20.0 Å². The Bertz CT molecular complexity index is 465. The van der Waals surface area contributed by atoms with Gasteiger partial charge in [-0.05, 0) is 13.0 Å². The Morgan fingerprint density at radius 3 is 2.83 bits per heavy atom. The highest BCUT2D eigenvalue weighted by Gasteiger charge is 2.11. The van der Waals surface area contributed by atoms with Crippen LogP contribution in [0.1, 0.15) is 24.2 Å². The van der Waals surface area contributed by atoms with Crippen molar-refractivity contribution in [2.75, 3.05) is 11.9 Å². The predicted octanol–water partition coefficient (Wildman–Crippen LogP) is 1.20. The van der Waals surface area contributed by atoms with Crippen molar-refractivity contribution in [3.63, 3.8) is 0 Å². The van der Waals surface area contributed by atoms with Gasteiger partial charge in [-0.3, -0.25) is 9.59 Å². The lowest BCUT2D eigenvalue weighted by molar-refractivity contribution is -0.144. The number of nitrogens with zero attached hydrogens (tertiary/aromatic N) is 1. The van der Waals surface area contributed by atoms with Crippen LogP contribution in [-0.2, 0) is 9.53 Å². The number of halogens is 1. The SMILES string of the molecule is CC(=O)OC(C)CNc1cc(Cl)ncc1C(N)=O. The summed E-state index contributed by atoms with van der Waals surface area (Å²) in [6.45, 7) is 3.38. The zero-order valence-electron chi connectivity index (χ0n) is 10.1. The van der Waals surface area contributed by atoms with E-state index in [9.17, 15) is 9.59 Å². The van der Waals surface area contributed by atoms with Gasteiger partial charge in [0.15, 0.2) is 0 Å². The van der Waals surface area contributed by atoms with Crippen molar-refractivity contribution in [2.24, 2.45) is 5.73 Å². The normalized spacial score (nSPS) is 11.7. The average Bonchev–Trinajstić information content (AvgIpc) is 2.25. The molecule has 0 aliphatic heterocycles. The quantitative estimate of drug-likeness (QED) is 0.620. The molecule has 98 valence electrons. The van der Waals surface area contributed by atoms with Gasteiger partial charge in [-0.15, -0.1) is 0 Å². The van der Waals surface area contributed by atoms with Crippen molar-refractivity contribution < 1.29 is 14.3 Å². The summed E-state index contributed by atoms with van der Waals surface area (Å²) in [6, 6.07) is 1.49. The molecule has 3 N–H and O–H groups in total. The standard InChI is InChI=1S/C11H14ClN3O3/c1-6(18-7(2)16)4-14-9-3-10(12)15-5-8(9)11(13)17/h3,5-6H,4H2,1-2H3,(H2,13,17)(H,14,15). The van der Waals surface area contributed by atoms with Crippen LogP contribution in [0.3, 0.4) is 0 Å². The van der Waals surface area contributed by atoms with Crippen molar-refractivity contribution >= 4 is 29.2 Å². The van der Waals surface area contributed by atoms with E-state index >= 15 is 0 Å². The van der Waals surface area contributed by atoms with Crippen LogP contribution in [0.2, 0.25) is 5.15 Å². The fourth-order valence-corrected chi connectivity index (χ4v) is 1.51. The second kappa shape index (κ2) is 6.20. The van der Waals surface area contributed by atoms with Crippen LogP contribution >= 0.6 is 11.6 Å². The molecule has 1 unspecified atom stereocenters. The van der Waals surface area contributed by atoms with E-state index in [0.29, 0.717) is 12.2 Å². The monoisotopic (exact) mass is 271 g/mol. The first-order chi connectivity index (χ1) is 8.40. The van der Waals surface area contributed by atoms with Gasteiger partial charge in [-0.2, -0.15) is 0 Å². The molecule has 1 heterocycles. The van der Waals surface area contributed by atoms with Crippen molar-refractivity contribution in [1.29, 1.82) is 0 Å². The van der Waals surface area contributed by atoms with Gasteiger partial charge in [0, 0.05) is 13.1 Å². The van der Waals surface area contributed by atoms with Crippen molar-refractivity contribution in [3.8, 4) is 0 Å². The fourth-order valence-electron chi connectivity index (χ4n) is 1.35. The van der Waals surface area contributed by atoms with Gasteiger partial charge < -0.3 is 15.8 Å². The molecule has 0 saturated carbocycles. The van der Waals surface area contributed by atoms with Gasteiger partial charge in [0.2, 0.25) is 0 Å². The number of nitrogens with two attached hydrogens (primary N) is 1. The zero-order valence-corrected chi connectivity index (χ0v) is 10.8. The van der Waals surface area contributed by atoms with Crippen LogP contribution in [0, 0.1) is 0 Å². The smallest absolute Gasteiger partial charge is 0.302 e. The Balaban J connectivity index is 2.74. The van der Waals surface area contributed by atoms with E-state index in [1.165, 1.54) is 19.2 Å². The zero-order chi connectivity index (χ0) is 13.7. The van der Waals surface area contributed by atoms with E-state index in [0.717, 1.165) is 0 Å². The maximum atomic E-state index is 11.2. The lowest BCUT2D eigenvalue weighted by Gasteiger charge is -2.15. The maximum Gasteiger partial charge on any atom is 0.302 e. The molecule has 1 atom stereocenters. The molecule has 0 bridgehead atoms. The Morgan fingerprint density at radius 2 is 2.28 bits per heavy atom. The molecular formula is C11H14ClN3O3. The summed E-state index contributed by atoms with van der Waals surface area (Å²) >= 11 is 5.73. The summed E-state index contributed by atoms with van der Waals surface area (Å²) in [6.07, 6.45) is 0.957. The fraction of sp³-hybridized carbons (Fsp3) is 0.364. The number of esters is 1. The predicted molar refractivity (Wildman–Crippen MR) is 67.5 cm³/mol. The molecule has 7 heteroatoms. The molecule has 1 amide bonds. The molecule has 0 aliphatic rings. The number of hydrogen-bond donors (Lipinski definition) is 2. The van der Waals surface area contributed by atoms with Crippen LogP contribution in [0.5, 0.6) is 0 Å². The Kier molecular flexibility index (Phi) is 4.91. The third kappa shape index (κ3) is 4.21. The lowest BCUT2D eigenvalue weighted by atomic mass is 10.2. The van der Waals surface area contributed by atoms with Gasteiger partial charge in [-0.25, -0.2) is 4.98 Å². The third-order valence-electron chi connectivity index (χ3n) is 2.08. The second-order valence-electron chi connectivity index (χ2n) is 3.72. The van der Waals surface area contributed by atoms with E-state index < -0.39 is 5.91 Å². The van der Waals surface area contributed by atoms with Gasteiger partial charge >= 0.3 is 5.97 Å². The molecule has 0 radical (unpaired) electrons. The molecule has 0 aromatic carbocycles. The van der Waals surface area contributed by atoms with Gasteiger partial charge in [-0.1, -0.05) is 11.6 Å². The second-order valence-corrected chi connectivity index (χ2v) is 4.11. The van der Waals surface area contributed by atoms with Crippen molar-refractivity contribution in [1.82, 2.24) is 4.98 Å². The van der Waals surface area contributed by atoms with Crippen LogP contribution < -0.4 is 11.1 Å². The molecule has 0 fully saturated rings. The van der Waals surface area contributed by atoms with Crippen LogP contribution in [0.25, 0.3) is 0 Å². The Morgan fingerprint density at radius 1 is 1.61 bits per heavy atom. The summed E-state index contributed by atoms with van der Waals surface area (Å²) < 4.78 is 4.94. The van der Waals surface area contributed by atoms with E-state index in [1.807, 2.05) is 0 Å². The number of amides is 1. The third-order valence-corrected chi connectivity index (χ3v) is 2.29. The average molecular weight is 272 g/mol. The summed E-state index contributed by atoms with van der Waals surface area (Å²) in [5.41, 5.74) is 5.90. The highest BCUT2D eigenvalue weighted by Crippen LogP contribution is 2.18. The summed E-state index contributed by atoms with van der Waals surface area (Å²) in [7, 11) is 0. The summed E-state index contributed by atoms with van der Waals surface area (Å²) in [5.74, 6) is -0.978. The summed E-state index contributed by atoms with van der Waals surface area (Å²) in [4.78, 5) is 25.7. The first kappa shape index (κ1) is 14.2. The number of anilines is 1. The van der Waals surface area contributed by atoms with Gasteiger partial charge in [0.05, 0.1) is 17.8 Å². The molecule has 1 aromatic rings. The molecule has 6 nitrogen and oxygen atoms in total. The number of rotatable bonds is 5. The first-order valence-electron chi connectivity index (χ1n) is 5.26. The maximum absolute atomic E-state index is 11.2. The molecule has 1 aromatic heterocycles. The first-order valence-corrected chi connectivity index (χ1v) is 5.64. The Labute approximate surface area is 109 Å². The van der Waals surface area contributed by atoms with E-state index in [4.69, 9.17) is 22.1 Å². The number of pyridine rings is 1. The Hall–Kier alpha value is -1.82. The number of aromatic nitrogens is 1. The van der Waals surface area contributed by atoms with E-state index in [-0.39, 0.29) is 22.8 Å². The number of nitrogens with one attached hydrogen (secondary N) is 1. The molecule has 1 rings (SSSR count). The molecular weight excluding hydrogens is 258 g/mol. The largest absolute Gasteiger partial charge is 0.461 e. The van der Waals surface area contributed by atoms with E-state index in [2.05, 4.69) is 10.3 Å². The van der Waals surface area contributed by atoms with E-state index in [1.54, 1.807) is 6.92 Å². The minimum atomic E-state index is -0.609. The number of ether oxygens (including phenoxy) is 1. The summed E-state index contributed by atoms with van der Waals surface area (Å²) in [5, 5.41) is 3.18. The molecule has 0 aliphatic carbocycles. The number of primary amides is 1. The topological polar surface area (TPSA) is 94.3 Å². The molecule has 18 heavy (non-hydrogen) atoms. The number of hydrogen-bond acceptors (Lipinski definition) is 5. The molecule has 0 spiro atoms. The molecule has 0 saturated heterocycles.